The zero-order valence-electron chi connectivity index (χ0n) is 18.1. The normalized spacial score (nSPS) is 11.2. The highest BCUT2D eigenvalue weighted by atomic mass is 32.2. The molecule has 0 bridgehead atoms. The molecule has 0 aromatic heterocycles. The zero-order valence-corrected chi connectivity index (χ0v) is 19.0. The summed E-state index contributed by atoms with van der Waals surface area (Å²) >= 11 is 0. The number of unbranched alkanes of at least 4 members (excludes halogenated alkanes) is 3. The number of carbonyl (C=O) groups excluding carboxylic acids is 2. The average molecular weight is 466 g/mol. The van der Waals surface area contributed by atoms with Gasteiger partial charge in [0.15, 0.2) is 0 Å². The van der Waals surface area contributed by atoms with Gasteiger partial charge in [0.1, 0.15) is 11.6 Å². The molecule has 0 fully saturated rings. The summed E-state index contributed by atoms with van der Waals surface area (Å²) in [7, 11) is -2.77. The van der Waals surface area contributed by atoms with Crippen LogP contribution in [0.15, 0.2) is 53.4 Å². The van der Waals surface area contributed by atoms with E-state index in [0.717, 1.165) is 47.8 Å². The molecule has 2 aromatic carbocycles. The van der Waals surface area contributed by atoms with E-state index in [9.17, 15) is 22.4 Å². The first kappa shape index (κ1) is 25.3. The molecule has 0 aliphatic heterocycles. The SMILES string of the molecule is CCCCCCOc1ccc(C(=O)NNC(=O)CN(C)S(=O)(=O)c2ccc(F)cc2)cc1. The van der Waals surface area contributed by atoms with E-state index in [2.05, 4.69) is 17.8 Å². The third-order valence-electron chi connectivity index (χ3n) is 4.59. The molecular formula is C22H28FN3O5S. The third-order valence-corrected chi connectivity index (χ3v) is 6.40. The molecule has 2 rings (SSSR count). The number of ether oxygens (including phenoxy) is 1. The van der Waals surface area contributed by atoms with E-state index in [1.165, 1.54) is 13.5 Å². The number of halogens is 1. The van der Waals surface area contributed by atoms with Crippen molar-refractivity contribution in [3.05, 3.63) is 59.9 Å². The number of hydrogen-bond acceptors (Lipinski definition) is 5. The Morgan fingerprint density at radius 3 is 2.25 bits per heavy atom. The van der Waals surface area contributed by atoms with Crippen LogP contribution in [0.4, 0.5) is 4.39 Å². The van der Waals surface area contributed by atoms with Gasteiger partial charge >= 0.3 is 0 Å². The van der Waals surface area contributed by atoms with Crippen LogP contribution in [0.5, 0.6) is 5.75 Å². The fourth-order valence-electron chi connectivity index (χ4n) is 2.73. The van der Waals surface area contributed by atoms with Gasteiger partial charge in [-0.05, 0) is 55.0 Å². The molecule has 0 atom stereocenters. The maximum absolute atomic E-state index is 13.0. The highest BCUT2D eigenvalue weighted by Crippen LogP contribution is 2.15. The van der Waals surface area contributed by atoms with E-state index in [0.29, 0.717) is 17.9 Å². The number of amides is 2. The van der Waals surface area contributed by atoms with Crippen molar-refractivity contribution in [3.63, 3.8) is 0 Å². The Morgan fingerprint density at radius 1 is 0.969 bits per heavy atom. The van der Waals surface area contributed by atoms with Gasteiger partial charge in [0.2, 0.25) is 10.0 Å². The largest absolute Gasteiger partial charge is 0.494 e. The van der Waals surface area contributed by atoms with Gasteiger partial charge in [-0.15, -0.1) is 0 Å². The third kappa shape index (κ3) is 7.61. The van der Waals surface area contributed by atoms with Gasteiger partial charge in [-0.25, -0.2) is 12.8 Å². The predicted molar refractivity (Wildman–Crippen MR) is 118 cm³/mol. The smallest absolute Gasteiger partial charge is 0.269 e. The number of hydrogen-bond donors (Lipinski definition) is 2. The highest BCUT2D eigenvalue weighted by molar-refractivity contribution is 7.89. The number of carbonyl (C=O) groups is 2. The fourth-order valence-corrected chi connectivity index (χ4v) is 3.86. The van der Waals surface area contributed by atoms with E-state index >= 15 is 0 Å². The lowest BCUT2D eigenvalue weighted by atomic mass is 10.2. The summed E-state index contributed by atoms with van der Waals surface area (Å²) in [6.07, 6.45) is 4.40. The Kier molecular flexibility index (Phi) is 9.61. The first-order chi connectivity index (χ1) is 15.2. The van der Waals surface area contributed by atoms with Crippen molar-refractivity contribution < 1.29 is 27.1 Å². The van der Waals surface area contributed by atoms with E-state index in [4.69, 9.17) is 4.74 Å². The lowest BCUT2D eigenvalue weighted by Gasteiger charge is -2.17. The van der Waals surface area contributed by atoms with E-state index in [-0.39, 0.29) is 4.90 Å². The molecule has 0 saturated heterocycles. The minimum atomic E-state index is -3.98. The van der Waals surface area contributed by atoms with Crippen LogP contribution in [0.25, 0.3) is 0 Å². The van der Waals surface area contributed by atoms with Gasteiger partial charge in [-0.2, -0.15) is 4.31 Å². The van der Waals surface area contributed by atoms with E-state index in [1.807, 2.05) is 0 Å². The van der Waals surface area contributed by atoms with Crippen LogP contribution in [0.2, 0.25) is 0 Å². The molecule has 2 amide bonds. The Balaban J connectivity index is 1.80. The second-order valence-electron chi connectivity index (χ2n) is 7.15. The van der Waals surface area contributed by atoms with E-state index < -0.39 is 34.2 Å². The second kappa shape index (κ2) is 12.2. The van der Waals surface area contributed by atoms with Crippen molar-refractivity contribution >= 4 is 21.8 Å². The van der Waals surface area contributed by atoms with Gasteiger partial charge in [-0.3, -0.25) is 20.4 Å². The molecule has 2 aromatic rings. The summed E-state index contributed by atoms with van der Waals surface area (Å²) in [4.78, 5) is 24.1. The van der Waals surface area contributed by atoms with Gasteiger partial charge < -0.3 is 4.74 Å². The quantitative estimate of drug-likeness (QED) is 0.392. The molecule has 0 aliphatic carbocycles. The minimum Gasteiger partial charge on any atom is -0.494 e. The number of hydrazine groups is 1. The number of rotatable bonds is 11. The topological polar surface area (TPSA) is 105 Å². The standard InChI is InChI=1S/C22H28FN3O5S/c1-3-4-5-6-15-31-19-11-7-17(8-12-19)22(28)25-24-21(27)16-26(2)32(29,30)20-13-9-18(23)10-14-20/h7-14H,3-6,15-16H2,1-2H3,(H,24,27)(H,25,28). The molecule has 2 N–H and O–H groups in total. The van der Waals surface area contributed by atoms with Crippen molar-refractivity contribution in [1.29, 1.82) is 0 Å². The van der Waals surface area contributed by atoms with Gasteiger partial charge in [0, 0.05) is 12.6 Å². The van der Waals surface area contributed by atoms with Crippen molar-refractivity contribution in [2.75, 3.05) is 20.2 Å². The van der Waals surface area contributed by atoms with Crippen LogP contribution in [-0.4, -0.2) is 44.7 Å². The Bertz CT molecular complexity index is 995. The molecule has 10 heteroatoms. The summed E-state index contributed by atoms with van der Waals surface area (Å²) in [5.74, 6) is -1.22. The highest BCUT2D eigenvalue weighted by Gasteiger charge is 2.23. The minimum absolute atomic E-state index is 0.147. The van der Waals surface area contributed by atoms with Crippen LogP contribution < -0.4 is 15.6 Å². The summed E-state index contributed by atoms with van der Waals surface area (Å²) in [5, 5.41) is 0. The van der Waals surface area contributed by atoms with Crippen molar-refractivity contribution in [2.24, 2.45) is 0 Å². The molecule has 8 nitrogen and oxygen atoms in total. The van der Waals surface area contributed by atoms with Crippen LogP contribution in [0.1, 0.15) is 43.0 Å². The van der Waals surface area contributed by atoms with Crippen LogP contribution >= 0.6 is 0 Å². The lowest BCUT2D eigenvalue weighted by molar-refractivity contribution is -0.121. The molecule has 174 valence electrons. The molecule has 0 heterocycles. The maximum atomic E-state index is 13.0. The van der Waals surface area contributed by atoms with Crippen LogP contribution in [-0.2, 0) is 14.8 Å². The summed E-state index contributed by atoms with van der Waals surface area (Å²) in [6.45, 7) is 2.21. The zero-order chi connectivity index (χ0) is 23.6. The fraction of sp³-hybridized carbons (Fsp3) is 0.364. The summed E-state index contributed by atoms with van der Waals surface area (Å²) in [5.41, 5.74) is 4.72. The van der Waals surface area contributed by atoms with Crippen LogP contribution in [0, 0.1) is 5.82 Å². The maximum Gasteiger partial charge on any atom is 0.269 e. The summed E-state index contributed by atoms with van der Waals surface area (Å²) in [6, 6.07) is 10.7. The Morgan fingerprint density at radius 2 is 1.62 bits per heavy atom. The summed E-state index contributed by atoms with van der Waals surface area (Å²) < 4.78 is 44.3. The van der Waals surface area contributed by atoms with Crippen LogP contribution in [0.3, 0.4) is 0 Å². The molecule has 0 saturated carbocycles. The van der Waals surface area contributed by atoms with Gasteiger partial charge in [0.25, 0.3) is 11.8 Å². The molecule has 0 unspecified atom stereocenters. The predicted octanol–water partition coefficient (Wildman–Crippen LogP) is 2.87. The Labute approximate surface area is 187 Å². The monoisotopic (exact) mass is 465 g/mol. The first-order valence-electron chi connectivity index (χ1n) is 10.3. The lowest BCUT2D eigenvalue weighted by Crippen LogP contribution is -2.46. The van der Waals surface area contributed by atoms with Crippen molar-refractivity contribution in [3.8, 4) is 5.75 Å². The van der Waals surface area contributed by atoms with E-state index in [1.54, 1.807) is 24.3 Å². The molecular weight excluding hydrogens is 437 g/mol. The van der Waals surface area contributed by atoms with Gasteiger partial charge in [-0.1, -0.05) is 26.2 Å². The van der Waals surface area contributed by atoms with Gasteiger partial charge in [0.05, 0.1) is 18.0 Å². The Hall–Kier alpha value is -2.98. The number of likely N-dealkylation sites (N-methyl/N-ethyl adjacent to an activating group) is 1. The van der Waals surface area contributed by atoms with Crippen molar-refractivity contribution in [1.82, 2.24) is 15.2 Å². The number of sulfonamides is 1. The molecule has 32 heavy (non-hydrogen) atoms. The first-order valence-corrected chi connectivity index (χ1v) is 11.7. The molecule has 0 aliphatic rings. The molecule has 0 spiro atoms. The second-order valence-corrected chi connectivity index (χ2v) is 9.20. The number of nitrogens with one attached hydrogen (secondary N) is 2. The molecule has 0 radical (unpaired) electrons. The van der Waals surface area contributed by atoms with Crippen molar-refractivity contribution in [2.45, 2.75) is 37.5 Å². The number of benzene rings is 2. The number of nitrogens with zero attached hydrogens (tertiary/aromatic N) is 1. The average Bonchev–Trinajstić information content (AvgIpc) is 2.78.